The van der Waals surface area contributed by atoms with Crippen molar-refractivity contribution in [2.75, 3.05) is 13.1 Å². The Morgan fingerprint density at radius 1 is 1.27 bits per heavy atom. The fourth-order valence-corrected chi connectivity index (χ4v) is 1.37. The summed E-state index contributed by atoms with van der Waals surface area (Å²) in [5.41, 5.74) is 1.24. The van der Waals surface area contributed by atoms with E-state index in [4.69, 9.17) is 0 Å². The van der Waals surface area contributed by atoms with E-state index in [2.05, 4.69) is 29.7 Å². The molecule has 15 heavy (non-hydrogen) atoms. The zero-order chi connectivity index (χ0) is 11.1. The molecule has 1 aromatic rings. The normalized spacial score (nSPS) is 11.9. The van der Waals surface area contributed by atoms with Gasteiger partial charge < -0.3 is 10.6 Å². The molecule has 0 aliphatic rings. The summed E-state index contributed by atoms with van der Waals surface area (Å²) < 4.78 is 0. The van der Waals surface area contributed by atoms with Crippen LogP contribution in [0.1, 0.15) is 25.3 Å². The predicted molar refractivity (Wildman–Crippen MR) is 61.9 cm³/mol. The SMILES string of the molecule is CCNC(=O)NCC(C)c1ccccc1. The van der Waals surface area contributed by atoms with Gasteiger partial charge in [-0.1, -0.05) is 37.3 Å². The highest BCUT2D eigenvalue weighted by Gasteiger charge is 2.05. The summed E-state index contributed by atoms with van der Waals surface area (Å²) in [5.74, 6) is 0.341. The fourth-order valence-electron chi connectivity index (χ4n) is 1.37. The third-order valence-electron chi connectivity index (χ3n) is 2.27. The zero-order valence-corrected chi connectivity index (χ0v) is 9.29. The second-order valence-electron chi connectivity index (χ2n) is 3.55. The lowest BCUT2D eigenvalue weighted by Crippen LogP contribution is -2.37. The van der Waals surface area contributed by atoms with Crippen LogP contribution in [0.25, 0.3) is 0 Å². The van der Waals surface area contributed by atoms with Crippen LogP contribution in [0.3, 0.4) is 0 Å². The minimum atomic E-state index is -0.0970. The third kappa shape index (κ3) is 4.02. The van der Waals surface area contributed by atoms with Crippen molar-refractivity contribution >= 4 is 6.03 Å². The van der Waals surface area contributed by atoms with Crippen molar-refractivity contribution in [3.05, 3.63) is 35.9 Å². The first-order valence-electron chi connectivity index (χ1n) is 5.30. The monoisotopic (exact) mass is 206 g/mol. The Bertz CT molecular complexity index is 298. The lowest BCUT2D eigenvalue weighted by atomic mass is 10.0. The van der Waals surface area contributed by atoms with Gasteiger partial charge in [0, 0.05) is 13.1 Å². The molecule has 0 radical (unpaired) electrons. The predicted octanol–water partition coefficient (Wildman–Crippen LogP) is 2.11. The summed E-state index contributed by atoms with van der Waals surface area (Å²) in [5, 5.41) is 5.53. The number of rotatable bonds is 4. The summed E-state index contributed by atoms with van der Waals surface area (Å²) in [6, 6.07) is 10.1. The van der Waals surface area contributed by atoms with E-state index < -0.39 is 0 Å². The van der Waals surface area contributed by atoms with Gasteiger partial charge in [0.2, 0.25) is 0 Å². The molecule has 1 rings (SSSR count). The van der Waals surface area contributed by atoms with Crippen molar-refractivity contribution in [1.82, 2.24) is 10.6 Å². The maximum Gasteiger partial charge on any atom is 0.314 e. The molecule has 0 heterocycles. The Kier molecular flexibility index (Phi) is 4.68. The molecule has 2 amide bonds. The highest BCUT2D eigenvalue weighted by Crippen LogP contribution is 2.12. The molecule has 0 saturated heterocycles. The van der Waals surface area contributed by atoms with Crippen LogP contribution in [-0.2, 0) is 0 Å². The second-order valence-corrected chi connectivity index (χ2v) is 3.55. The van der Waals surface area contributed by atoms with Gasteiger partial charge >= 0.3 is 6.03 Å². The average molecular weight is 206 g/mol. The largest absolute Gasteiger partial charge is 0.338 e. The van der Waals surface area contributed by atoms with E-state index in [0.717, 1.165) is 0 Å². The molecule has 0 spiro atoms. The molecule has 2 N–H and O–H groups in total. The minimum absolute atomic E-state index is 0.0970. The number of hydrogen-bond donors (Lipinski definition) is 2. The molecule has 3 nitrogen and oxygen atoms in total. The van der Waals surface area contributed by atoms with Crippen molar-refractivity contribution < 1.29 is 4.79 Å². The van der Waals surface area contributed by atoms with Crippen LogP contribution in [0, 0.1) is 0 Å². The summed E-state index contributed by atoms with van der Waals surface area (Å²) in [4.78, 5) is 11.2. The molecule has 0 aliphatic carbocycles. The van der Waals surface area contributed by atoms with E-state index in [9.17, 15) is 4.79 Å². The van der Waals surface area contributed by atoms with Crippen LogP contribution >= 0.6 is 0 Å². The van der Waals surface area contributed by atoms with Gasteiger partial charge in [-0.25, -0.2) is 4.79 Å². The first kappa shape index (κ1) is 11.6. The number of carbonyl (C=O) groups is 1. The van der Waals surface area contributed by atoms with Gasteiger partial charge in [0.15, 0.2) is 0 Å². The Morgan fingerprint density at radius 3 is 2.53 bits per heavy atom. The van der Waals surface area contributed by atoms with Gasteiger partial charge in [-0.2, -0.15) is 0 Å². The minimum Gasteiger partial charge on any atom is -0.338 e. The molecular weight excluding hydrogens is 188 g/mol. The van der Waals surface area contributed by atoms with E-state index >= 15 is 0 Å². The van der Waals surface area contributed by atoms with Crippen LogP contribution < -0.4 is 10.6 Å². The maximum atomic E-state index is 11.2. The number of urea groups is 1. The lowest BCUT2D eigenvalue weighted by molar-refractivity contribution is 0.241. The Hall–Kier alpha value is -1.51. The average Bonchev–Trinajstić information content (AvgIpc) is 2.27. The molecule has 1 aromatic carbocycles. The summed E-state index contributed by atoms with van der Waals surface area (Å²) in [6.07, 6.45) is 0. The molecule has 1 unspecified atom stereocenters. The van der Waals surface area contributed by atoms with Crippen LogP contribution in [0.4, 0.5) is 4.79 Å². The molecule has 0 fully saturated rings. The van der Waals surface area contributed by atoms with Gasteiger partial charge in [-0.3, -0.25) is 0 Å². The number of hydrogen-bond acceptors (Lipinski definition) is 1. The Balaban J connectivity index is 2.37. The highest BCUT2D eigenvalue weighted by molar-refractivity contribution is 5.73. The summed E-state index contributed by atoms with van der Waals surface area (Å²) in [6.45, 7) is 5.32. The van der Waals surface area contributed by atoms with Crippen molar-refractivity contribution in [2.45, 2.75) is 19.8 Å². The summed E-state index contributed by atoms with van der Waals surface area (Å²) >= 11 is 0. The first-order valence-corrected chi connectivity index (χ1v) is 5.30. The van der Waals surface area contributed by atoms with Crippen molar-refractivity contribution in [2.24, 2.45) is 0 Å². The van der Waals surface area contributed by atoms with E-state index in [-0.39, 0.29) is 6.03 Å². The van der Waals surface area contributed by atoms with Crippen molar-refractivity contribution in [3.63, 3.8) is 0 Å². The van der Waals surface area contributed by atoms with Crippen molar-refractivity contribution in [3.8, 4) is 0 Å². The fraction of sp³-hybridized carbons (Fsp3) is 0.417. The molecule has 0 aromatic heterocycles. The van der Waals surface area contributed by atoms with Gasteiger partial charge in [-0.15, -0.1) is 0 Å². The number of amides is 2. The van der Waals surface area contributed by atoms with Gasteiger partial charge in [0.05, 0.1) is 0 Å². The molecule has 0 bridgehead atoms. The lowest BCUT2D eigenvalue weighted by Gasteiger charge is -2.13. The smallest absolute Gasteiger partial charge is 0.314 e. The van der Waals surface area contributed by atoms with Crippen LogP contribution in [0.5, 0.6) is 0 Å². The molecule has 3 heteroatoms. The highest BCUT2D eigenvalue weighted by atomic mass is 16.2. The number of nitrogens with one attached hydrogen (secondary N) is 2. The number of carbonyl (C=O) groups excluding carboxylic acids is 1. The quantitative estimate of drug-likeness (QED) is 0.778. The Labute approximate surface area is 90.9 Å². The van der Waals surface area contributed by atoms with E-state index in [0.29, 0.717) is 19.0 Å². The number of benzene rings is 1. The van der Waals surface area contributed by atoms with E-state index in [1.165, 1.54) is 5.56 Å². The van der Waals surface area contributed by atoms with E-state index in [1.54, 1.807) is 0 Å². The van der Waals surface area contributed by atoms with Gasteiger partial charge in [-0.05, 0) is 18.4 Å². The molecular formula is C12H18N2O. The molecule has 0 saturated carbocycles. The van der Waals surface area contributed by atoms with Crippen molar-refractivity contribution in [1.29, 1.82) is 0 Å². The van der Waals surface area contributed by atoms with Gasteiger partial charge in [0.1, 0.15) is 0 Å². The zero-order valence-electron chi connectivity index (χ0n) is 9.29. The first-order chi connectivity index (χ1) is 7.24. The molecule has 1 atom stereocenters. The maximum absolute atomic E-state index is 11.2. The van der Waals surface area contributed by atoms with Crippen LogP contribution in [0.15, 0.2) is 30.3 Å². The van der Waals surface area contributed by atoms with E-state index in [1.807, 2.05) is 25.1 Å². The topological polar surface area (TPSA) is 41.1 Å². The molecule has 82 valence electrons. The third-order valence-corrected chi connectivity index (χ3v) is 2.27. The van der Waals surface area contributed by atoms with Crippen LogP contribution in [0.2, 0.25) is 0 Å². The second kappa shape index (κ2) is 6.06. The van der Waals surface area contributed by atoms with Crippen LogP contribution in [-0.4, -0.2) is 19.1 Å². The summed E-state index contributed by atoms with van der Waals surface area (Å²) in [7, 11) is 0. The Morgan fingerprint density at radius 2 is 1.93 bits per heavy atom. The van der Waals surface area contributed by atoms with Gasteiger partial charge in [0.25, 0.3) is 0 Å². The molecule has 0 aliphatic heterocycles. The standard InChI is InChI=1S/C12H18N2O/c1-3-13-12(15)14-9-10(2)11-7-5-4-6-8-11/h4-8,10H,3,9H2,1-2H3,(H2,13,14,15).